The highest BCUT2D eigenvalue weighted by Gasteiger charge is 2.25. The summed E-state index contributed by atoms with van der Waals surface area (Å²) in [5.74, 6) is -0.296. The van der Waals surface area contributed by atoms with Crippen LogP contribution in [-0.2, 0) is 14.8 Å². The number of methoxy groups -OCH3 is 1. The number of hydrogen-bond donors (Lipinski definition) is 1. The van der Waals surface area contributed by atoms with Crippen molar-refractivity contribution < 1.29 is 17.9 Å². The Morgan fingerprint density at radius 2 is 1.91 bits per heavy atom. The van der Waals surface area contributed by atoms with Crippen molar-refractivity contribution >= 4 is 15.9 Å². The standard InChI is InChI=1S/C16H24N2O4S/c1-22-12-9-17-16(19)14-7-6-8-15(13-14)23(20,21)18-10-4-2-3-5-11-18/h6-8,13H,2-5,9-12H2,1H3,(H,17,19). The van der Waals surface area contributed by atoms with E-state index >= 15 is 0 Å². The lowest BCUT2D eigenvalue weighted by Crippen LogP contribution is -2.32. The number of hydrogen-bond acceptors (Lipinski definition) is 4. The van der Waals surface area contributed by atoms with Crippen LogP contribution in [0.3, 0.4) is 0 Å². The number of carbonyl (C=O) groups excluding carboxylic acids is 1. The van der Waals surface area contributed by atoms with Crippen molar-refractivity contribution in [2.24, 2.45) is 0 Å². The molecular formula is C16H24N2O4S. The van der Waals surface area contributed by atoms with E-state index in [4.69, 9.17) is 4.74 Å². The second-order valence-corrected chi connectivity index (χ2v) is 7.53. The summed E-state index contributed by atoms with van der Waals surface area (Å²) in [6.45, 7) is 1.90. The summed E-state index contributed by atoms with van der Waals surface area (Å²) < 4.78 is 31.9. The van der Waals surface area contributed by atoms with Gasteiger partial charge in [-0.05, 0) is 31.0 Å². The van der Waals surface area contributed by atoms with E-state index in [0.29, 0.717) is 31.8 Å². The van der Waals surface area contributed by atoms with E-state index in [1.165, 1.54) is 10.4 Å². The maximum Gasteiger partial charge on any atom is 0.251 e. The van der Waals surface area contributed by atoms with E-state index in [2.05, 4.69) is 5.32 Å². The van der Waals surface area contributed by atoms with Crippen LogP contribution in [0.15, 0.2) is 29.2 Å². The summed E-state index contributed by atoms with van der Waals surface area (Å²) in [5, 5.41) is 2.70. The Bertz CT molecular complexity index is 623. The normalized spacial score (nSPS) is 16.7. The molecule has 0 spiro atoms. The van der Waals surface area contributed by atoms with E-state index in [1.54, 1.807) is 25.3 Å². The first-order chi connectivity index (χ1) is 11.1. The molecule has 1 aliphatic rings. The minimum absolute atomic E-state index is 0.179. The first-order valence-electron chi connectivity index (χ1n) is 7.93. The summed E-state index contributed by atoms with van der Waals surface area (Å²) in [6.07, 6.45) is 3.90. The van der Waals surface area contributed by atoms with Crippen LogP contribution in [0.2, 0.25) is 0 Å². The molecule has 1 aliphatic heterocycles. The summed E-state index contributed by atoms with van der Waals surface area (Å²) >= 11 is 0. The quantitative estimate of drug-likeness (QED) is 0.799. The molecule has 0 radical (unpaired) electrons. The highest BCUT2D eigenvalue weighted by atomic mass is 32.2. The predicted octanol–water partition coefficient (Wildman–Crippen LogP) is 1.63. The average Bonchev–Trinajstić information content (AvgIpc) is 2.85. The van der Waals surface area contributed by atoms with Gasteiger partial charge in [-0.25, -0.2) is 8.42 Å². The van der Waals surface area contributed by atoms with Crippen LogP contribution in [0.25, 0.3) is 0 Å². The highest BCUT2D eigenvalue weighted by Crippen LogP contribution is 2.21. The second-order valence-electron chi connectivity index (χ2n) is 5.59. The maximum atomic E-state index is 12.7. The fourth-order valence-electron chi connectivity index (χ4n) is 2.60. The molecule has 0 atom stereocenters. The number of carbonyl (C=O) groups is 1. The molecule has 6 nitrogen and oxygen atoms in total. The number of ether oxygens (including phenoxy) is 1. The Hall–Kier alpha value is -1.44. The molecule has 1 heterocycles. The molecule has 1 aromatic rings. The Kier molecular flexibility index (Phi) is 6.56. The maximum absolute atomic E-state index is 12.7. The highest BCUT2D eigenvalue weighted by molar-refractivity contribution is 7.89. The van der Waals surface area contributed by atoms with E-state index in [-0.39, 0.29) is 10.8 Å². The average molecular weight is 340 g/mol. The zero-order valence-corrected chi connectivity index (χ0v) is 14.3. The zero-order chi connectivity index (χ0) is 16.7. The van der Waals surface area contributed by atoms with Gasteiger partial charge in [0.25, 0.3) is 5.91 Å². The van der Waals surface area contributed by atoms with Gasteiger partial charge >= 0.3 is 0 Å². The monoisotopic (exact) mass is 340 g/mol. The molecule has 1 amide bonds. The summed E-state index contributed by atoms with van der Waals surface area (Å²) in [5.41, 5.74) is 0.344. The number of nitrogens with zero attached hydrogens (tertiary/aromatic N) is 1. The number of amides is 1. The van der Waals surface area contributed by atoms with Gasteiger partial charge in [-0.1, -0.05) is 18.9 Å². The molecule has 0 aromatic heterocycles. The molecule has 7 heteroatoms. The van der Waals surface area contributed by atoms with Gasteiger partial charge in [-0.15, -0.1) is 0 Å². The van der Waals surface area contributed by atoms with Crippen LogP contribution in [0, 0.1) is 0 Å². The molecule has 0 unspecified atom stereocenters. The summed E-state index contributed by atoms with van der Waals surface area (Å²) in [6, 6.07) is 6.22. The van der Waals surface area contributed by atoms with Crippen LogP contribution in [-0.4, -0.2) is 52.0 Å². The van der Waals surface area contributed by atoms with Gasteiger partial charge in [0.1, 0.15) is 0 Å². The summed E-state index contributed by atoms with van der Waals surface area (Å²) in [4.78, 5) is 12.2. The van der Waals surface area contributed by atoms with Gasteiger partial charge in [0.05, 0.1) is 11.5 Å². The van der Waals surface area contributed by atoms with Crippen LogP contribution in [0.1, 0.15) is 36.0 Å². The minimum Gasteiger partial charge on any atom is -0.383 e. The van der Waals surface area contributed by atoms with Crippen LogP contribution in [0.5, 0.6) is 0 Å². The molecule has 0 aliphatic carbocycles. The third-order valence-corrected chi connectivity index (χ3v) is 5.79. The van der Waals surface area contributed by atoms with Crippen molar-refractivity contribution in [3.8, 4) is 0 Å². The molecule has 2 rings (SSSR count). The molecule has 1 fully saturated rings. The molecule has 1 N–H and O–H groups in total. The SMILES string of the molecule is COCCNC(=O)c1cccc(S(=O)(=O)N2CCCCCC2)c1. The lowest BCUT2D eigenvalue weighted by atomic mass is 10.2. The topological polar surface area (TPSA) is 75.7 Å². The van der Waals surface area contributed by atoms with Gasteiger partial charge in [0.15, 0.2) is 0 Å². The predicted molar refractivity (Wildman–Crippen MR) is 87.9 cm³/mol. The number of nitrogens with one attached hydrogen (secondary N) is 1. The van der Waals surface area contributed by atoms with E-state index in [1.807, 2.05) is 0 Å². The Morgan fingerprint density at radius 3 is 2.57 bits per heavy atom. The minimum atomic E-state index is -3.54. The second kappa shape index (κ2) is 8.42. The molecule has 0 bridgehead atoms. The third-order valence-electron chi connectivity index (χ3n) is 3.89. The smallest absolute Gasteiger partial charge is 0.251 e. The number of rotatable bonds is 6. The third kappa shape index (κ3) is 4.76. The van der Waals surface area contributed by atoms with E-state index < -0.39 is 10.0 Å². The van der Waals surface area contributed by atoms with Crippen LogP contribution >= 0.6 is 0 Å². The van der Waals surface area contributed by atoms with Crippen molar-refractivity contribution in [3.63, 3.8) is 0 Å². The van der Waals surface area contributed by atoms with Crippen molar-refractivity contribution in [3.05, 3.63) is 29.8 Å². The van der Waals surface area contributed by atoms with Crippen molar-refractivity contribution in [2.75, 3.05) is 33.4 Å². The number of benzene rings is 1. The first-order valence-corrected chi connectivity index (χ1v) is 9.37. The van der Waals surface area contributed by atoms with E-state index in [9.17, 15) is 13.2 Å². The van der Waals surface area contributed by atoms with Gasteiger partial charge in [0.2, 0.25) is 10.0 Å². The molecule has 0 saturated carbocycles. The fraction of sp³-hybridized carbons (Fsp3) is 0.562. The van der Waals surface area contributed by atoms with Crippen molar-refractivity contribution in [2.45, 2.75) is 30.6 Å². The van der Waals surface area contributed by atoms with Gasteiger partial charge in [-0.3, -0.25) is 4.79 Å². The molecule has 1 aromatic carbocycles. The zero-order valence-electron chi connectivity index (χ0n) is 13.5. The largest absolute Gasteiger partial charge is 0.383 e. The molecule has 1 saturated heterocycles. The fourth-order valence-corrected chi connectivity index (χ4v) is 4.16. The van der Waals surface area contributed by atoms with Gasteiger partial charge in [-0.2, -0.15) is 4.31 Å². The Morgan fingerprint density at radius 1 is 1.22 bits per heavy atom. The van der Waals surface area contributed by atoms with Crippen LogP contribution < -0.4 is 5.32 Å². The summed E-state index contributed by atoms with van der Waals surface area (Å²) in [7, 11) is -1.98. The first kappa shape index (κ1) is 17.9. The number of sulfonamides is 1. The van der Waals surface area contributed by atoms with Gasteiger partial charge < -0.3 is 10.1 Å². The molecule has 128 valence electrons. The molecule has 23 heavy (non-hydrogen) atoms. The Balaban J connectivity index is 2.15. The lowest BCUT2D eigenvalue weighted by Gasteiger charge is -2.20. The van der Waals surface area contributed by atoms with E-state index in [0.717, 1.165) is 25.7 Å². The Labute approximate surface area is 137 Å². The van der Waals surface area contributed by atoms with Crippen LogP contribution in [0.4, 0.5) is 0 Å². The molecular weight excluding hydrogens is 316 g/mol. The lowest BCUT2D eigenvalue weighted by molar-refractivity contribution is 0.0937. The van der Waals surface area contributed by atoms with Gasteiger partial charge in [0, 0.05) is 32.3 Å². The van der Waals surface area contributed by atoms with Crippen molar-refractivity contribution in [1.29, 1.82) is 0 Å². The van der Waals surface area contributed by atoms with Crippen molar-refractivity contribution in [1.82, 2.24) is 9.62 Å².